The summed E-state index contributed by atoms with van der Waals surface area (Å²) in [5.41, 5.74) is 0.894. The van der Waals surface area contributed by atoms with Gasteiger partial charge in [0.2, 0.25) is 11.8 Å². The highest BCUT2D eigenvalue weighted by atomic mass is 32.1. The van der Waals surface area contributed by atoms with Crippen LogP contribution in [0.4, 0.5) is 0 Å². The van der Waals surface area contributed by atoms with Gasteiger partial charge in [-0.1, -0.05) is 0 Å². The van der Waals surface area contributed by atoms with Crippen molar-refractivity contribution in [2.75, 3.05) is 26.2 Å². The molecule has 3 aliphatic rings. The maximum absolute atomic E-state index is 12.5. The van der Waals surface area contributed by atoms with E-state index in [9.17, 15) is 9.59 Å². The maximum atomic E-state index is 12.5. The molecule has 27 heavy (non-hydrogen) atoms. The Bertz CT molecular complexity index is 679. The Labute approximate surface area is 165 Å². The number of hydrogen-bond acceptors (Lipinski definition) is 5. The Morgan fingerprint density at radius 2 is 1.96 bits per heavy atom. The normalized spacial score (nSPS) is 24.8. The molecule has 0 radical (unpaired) electrons. The molecule has 0 aromatic carbocycles. The Balaban J connectivity index is 1.24. The molecule has 2 aliphatic heterocycles. The van der Waals surface area contributed by atoms with Crippen LogP contribution in [0.2, 0.25) is 0 Å². The molecule has 4 rings (SSSR count). The molecule has 2 saturated heterocycles. The topological polar surface area (TPSA) is 65.5 Å². The molecule has 1 saturated carbocycles. The van der Waals surface area contributed by atoms with Crippen LogP contribution in [-0.2, 0) is 16.0 Å². The number of nitrogens with zero attached hydrogens (tertiary/aromatic N) is 3. The van der Waals surface area contributed by atoms with Crippen molar-refractivity contribution in [1.29, 1.82) is 0 Å². The van der Waals surface area contributed by atoms with Crippen molar-refractivity contribution < 1.29 is 9.59 Å². The zero-order valence-electron chi connectivity index (χ0n) is 16.2. The fourth-order valence-corrected chi connectivity index (χ4v) is 4.95. The van der Waals surface area contributed by atoms with Crippen LogP contribution in [0.15, 0.2) is 5.38 Å². The average Bonchev–Trinajstić information content (AvgIpc) is 3.41. The number of likely N-dealkylation sites (tertiary alicyclic amines) is 2. The van der Waals surface area contributed by atoms with Gasteiger partial charge in [-0.2, -0.15) is 0 Å². The minimum Gasteiger partial charge on any atom is -0.353 e. The molecule has 1 aromatic heterocycles. The van der Waals surface area contributed by atoms with Crippen molar-refractivity contribution >= 4 is 23.2 Å². The summed E-state index contributed by atoms with van der Waals surface area (Å²) in [4.78, 5) is 33.8. The van der Waals surface area contributed by atoms with E-state index in [4.69, 9.17) is 0 Å². The van der Waals surface area contributed by atoms with Gasteiger partial charge in [-0.3, -0.25) is 14.5 Å². The highest BCUT2D eigenvalue weighted by Gasteiger charge is 2.34. The van der Waals surface area contributed by atoms with Crippen molar-refractivity contribution in [3.63, 3.8) is 0 Å². The predicted octanol–water partition coefficient (Wildman–Crippen LogP) is 1.98. The summed E-state index contributed by atoms with van der Waals surface area (Å²) in [6, 6.07) is 0.954. The van der Waals surface area contributed by atoms with Gasteiger partial charge in [-0.25, -0.2) is 4.98 Å². The van der Waals surface area contributed by atoms with Crippen LogP contribution >= 0.6 is 11.3 Å². The van der Waals surface area contributed by atoms with E-state index in [0.29, 0.717) is 18.5 Å². The molecule has 1 atom stereocenters. The summed E-state index contributed by atoms with van der Waals surface area (Å²) in [6.07, 6.45) is 6.86. The molecule has 0 unspecified atom stereocenters. The van der Waals surface area contributed by atoms with Crippen LogP contribution in [0, 0.1) is 12.8 Å². The van der Waals surface area contributed by atoms with Gasteiger partial charge in [0.25, 0.3) is 0 Å². The molecule has 1 aliphatic carbocycles. The molecule has 3 heterocycles. The van der Waals surface area contributed by atoms with E-state index in [2.05, 4.69) is 15.2 Å². The summed E-state index contributed by atoms with van der Waals surface area (Å²) in [5, 5.41) is 6.17. The standard InChI is InChI=1S/C20H30N4O2S/c1-14-21-17(13-27-14)11-19(25)23-9-6-18(7-10-23)24-8-2-3-15(12-24)20(26)22-16-4-5-16/h13,15-16,18H,2-12H2,1H3,(H,22,26)/t15-/m0/s1. The van der Waals surface area contributed by atoms with Crippen molar-refractivity contribution in [2.45, 2.75) is 64.0 Å². The summed E-state index contributed by atoms with van der Waals surface area (Å²) in [6.45, 7) is 5.59. The van der Waals surface area contributed by atoms with Gasteiger partial charge in [0.1, 0.15) is 0 Å². The summed E-state index contributed by atoms with van der Waals surface area (Å²) >= 11 is 1.60. The first-order valence-corrected chi connectivity index (χ1v) is 11.2. The van der Waals surface area contributed by atoms with Gasteiger partial charge in [0.05, 0.1) is 23.0 Å². The monoisotopic (exact) mass is 390 g/mol. The second-order valence-electron chi connectivity index (χ2n) is 8.26. The first-order valence-electron chi connectivity index (χ1n) is 10.3. The number of hydrogen-bond donors (Lipinski definition) is 1. The minimum atomic E-state index is 0.145. The number of carbonyl (C=O) groups is 2. The fraction of sp³-hybridized carbons (Fsp3) is 0.750. The Hall–Kier alpha value is -1.47. The third kappa shape index (κ3) is 4.88. The number of rotatable bonds is 5. The third-order valence-electron chi connectivity index (χ3n) is 6.08. The Morgan fingerprint density at radius 3 is 2.63 bits per heavy atom. The van der Waals surface area contributed by atoms with E-state index in [0.717, 1.165) is 75.4 Å². The van der Waals surface area contributed by atoms with Gasteiger partial charge in [-0.15, -0.1) is 11.3 Å². The smallest absolute Gasteiger partial charge is 0.228 e. The van der Waals surface area contributed by atoms with E-state index in [1.165, 1.54) is 0 Å². The fourth-order valence-electron chi connectivity index (χ4n) is 4.34. The van der Waals surface area contributed by atoms with Gasteiger partial charge in [0.15, 0.2) is 0 Å². The second-order valence-corrected chi connectivity index (χ2v) is 9.33. The van der Waals surface area contributed by atoms with Crippen molar-refractivity contribution in [2.24, 2.45) is 5.92 Å². The van der Waals surface area contributed by atoms with E-state index in [1.54, 1.807) is 11.3 Å². The van der Waals surface area contributed by atoms with Crippen LogP contribution in [0.5, 0.6) is 0 Å². The Kier molecular flexibility index (Phi) is 5.78. The van der Waals surface area contributed by atoms with Crippen LogP contribution < -0.4 is 5.32 Å². The highest BCUT2D eigenvalue weighted by molar-refractivity contribution is 7.09. The molecule has 1 N–H and O–H groups in total. The lowest BCUT2D eigenvalue weighted by atomic mass is 9.93. The van der Waals surface area contributed by atoms with Crippen molar-refractivity contribution in [3.05, 3.63) is 16.1 Å². The lowest BCUT2D eigenvalue weighted by molar-refractivity contribution is -0.132. The quantitative estimate of drug-likeness (QED) is 0.835. The molecular formula is C20H30N4O2S. The van der Waals surface area contributed by atoms with Gasteiger partial charge in [-0.05, 0) is 52.0 Å². The lowest BCUT2D eigenvalue weighted by Crippen LogP contribution is -2.51. The first kappa shape index (κ1) is 18.9. The number of amides is 2. The molecule has 0 bridgehead atoms. The largest absolute Gasteiger partial charge is 0.353 e. The van der Waals surface area contributed by atoms with Crippen molar-refractivity contribution in [1.82, 2.24) is 20.1 Å². The third-order valence-corrected chi connectivity index (χ3v) is 6.90. The number of aromatic nitrogens is 1. The van der Waals surface area contributed by atoms with Gasteiger partial charge >= 0.3 is 0 Å². The van der Waals surface area contributed by atoms with Crippen molar-refractivity contribution in [3.8, 4) is 0 Å². The number of nitrogens with one attached hydrogen (secondary N) is 1. The van der Waals surface area contributed by atoms with E-state index in [1.807, 2.05) is 17.2 Å². The minimum absolute atomic E-state index is 0.145. The van der Waals surface area contributed by atoms with Crippen LogP contribution in [0.3, 0.4) is 0 Å². The first-order chi connectivity index (χ1) is 13.1. The summed E-state index contributed by atoms with van der Waals surface area (Å²) < 4.78 is 0. The summed E-state index contributed by atoms with van der Waals surface area (Å²) in [7, 11) is 0. The average molecular weight is 391 g/mol. The SMILES string of the molecule is Cc1nc(CC(=O)N2CCC(N3CCC[C@H](C(=O)NC4CC4)C3)CC2)cs1. The molecule has 148 valence electrons. The summed E-state index contributed by atoms with van der Waals surface area (Å²) in [5.74, 6) is 0.597. The zero-order chi connectivity index (χ0) is 18.8. The zero-order valence-corrected chi connectivity index (χ0v) is 17.0. The molecular weight excluding hydrogens is 360 g/mol. The highest BCUT2D eigenvalue weighted by Crippen LogP contribution is 2.26. The van der Waals surface area contributed by atoms with Crippen LogP contribution in [0.25, 0.3) is 0 Å². The van der Waals surface area contributed by atoms with Crippen LogP contribution in [0.1, 0.15) is 49.2 Å². The Morgan fingerprint density at radius 1 is 1.19 bits per heavy atom. The maximum Gasteiger partial charge on any atom is 0.228 e. The molecule has 1 aromatic rings. The number of carbonyl (C=O) groups excluding carboxylic acids is 2. The molecule has 0 spiro atoms. The van der Waals surface area contributed by atoms with E-state index in [-0.39, 0.29) is 17.7 Å². The van der Waals surface area contributed by atoms with E-state index < -0.39 is 0 Å². The van der Waals surface area contributed by atoms with Gasteiger partial charge < -0.3 is 10.2 Å². The van der Waals surface area contributed by atoms with E-state index >= 15 is 0 Å². The molecule has 2 amide bonds. The van der Waals surface area contributed by atoms with Gasteiger partial charge in [0, 0.05) is 37.1 Å². The molecule has 6 nitrogen and oxygen atoms in total. The lowest BCUT2D eigenvalue weighted by Gasteiger charge is -2.42. The predicted molar refractivity (Wildman–Crippen MR) is 106 cm³/mol. The number of thiazole rings is 1. The number of piperidine rings is 2. The second kappa shape index (κ2) is 8.27. The number of aryl methyl sites for hydroxylation is 1. The van der Waals surface area contributed by atoms with Crippen LogP contribution in [-0.4, -0.2) is 64.9 Å². The molecule has 3 fully saturated rings. The molecule has 7 heteroatoms.